The highest BCUT2D eigenvalue weighted by Gasteiger charge is 2.22. The number of ether oxygens (including phenoxy) is 1. The molecule has 1 aliphatic rings. The molecule has 3 rings (SSSR count). The van der Waals surface area contributed by atoms with Crippen LogP contribution in [0.4, 0.5) is 17.1 Å². The quantitative estimate of drug-likeness (QED) is 0.365. The number of nitro benzene ring substituents is 1. The van der Waals surface area contributed by atoms with Crippen molar-refractivity contribution in [3.63, 3.8) is 0 Å². The molecule has 164 valence electrons. The summed E-state index contributed by atoms with van der Waals surface area (Å²) >= 11 is 5.82. The number of hydrogen-bond donors (Lipinski definition) is 2. The molecular formula is C21H23ClN4O5. The van der Waals surface area contributed by atoms with Crippen molar-refractivity contribution < 1.29 is 19.2 Å². The third-order valence-electron chi connectivity index (χ3n) is 4.78. The summed E-state index contributed by atoms with van der Waals surface area (Å²) in [4.78, 5) is 37.4. The number of nitro groups is 1. The molecule has 0 bridgehead atoms. The van der Waals surface area contributed by atoms with E-state index in [2.05, 4.69) is 10.6 Å². The van der Waals surface area contributed by atoms with E-state index >= 15 is 0 Å². The lowest BCUT2D eigenvalue weighted by Crippen LogP contribution is -2.38. The molecule has 0 unspecified atom stereocenters. The van der Waals surface area contributed by atoms with E-state index in [9.17, 15) is 19.7 Å². The van der Waals surface area contributed by atoms with Crippen LogP contribution in [-0.4, -0.2) is 49.6 Å². The van der Waals surface area contributed by atoms with Gasteiger partial charge >= 0.3 is 0 Å². The highest BCUT2D eigenvalue weighted by molar-refractivity contribution is 6.30. The van der Waals surface area contributed by atoms with E-state index in [4.69, 9.17) is 16.3 Å². The Kier molecular flexibility index (Phi) is 7.80. The number of nitrogens with zero attached hydrogens (tertiary/aromatic N) is 2. The monoisotopic (exact) mass is 446 g/mol. The molecule has 1 aliphatic heterocycles. The van der Waals surface area contributed by atoms with Gasteiger partial charge in [0.1, 0.15) is 0 Å². The topological polar surface area (TPSA) is 114 Å². The number of rotatable bonds is 8. The first kappa shape index (κ1) is 22.5. The second-order valence-corrected chi connectivity index (χ2v) is 7.41. The van der Waals surface area contributed by atoms with E-state index in [1.54, 1.807) is 30.3 Å². The number of amides is 2. The van der Waals surface area contributed by atoms with Crippen molar-refractivity contribution in [2.24, 2.45) is 0 Å². The van der Waals surface area contributed by atoms with Crippen LogP contribution in [-0.2, 0) is 9.53 Å². The zero-order valence-corrected chi connectivity index (χ0v) is 17.6. The molecular weight excluding hydrogens is 424 g/mol. The minimum Gasteiger partial charge on any atom is -0.378 e. The molecule has 10 heteroatoms. The van der Waals surface area contributed by atoms with E-state index in [1.807, 2.05) is 4.90 Å². The van der Waals surface area contributed by atoms with Crippen LogP contribution in [0.25, 0.3) is 0 Å². The van der Waals surface area contributed by atoms with Gasteiger partial charge in [-0.2, -0.15) is 0 Å². The highest BCUT2D eigenvalue weighted by Crippen LogP contribution is 2.26. The maximum absolute atomic E-state index is 12.7. The lowest BCUT2D eigenvalue weighted by Gasteiger charge is -2.30. The van der Waals surface area contributed by atoms with Gasteiger partial charge in [0, 0.05) is 48.9 Å². The summed E-state index contributed by atoms with van der Waals surface area (Å²) < 4.78 is 5.34. The van der Waals surface area contributed by atoms with Gasteiger partial charge in [0.15, 0.2) is 0 Å². The Balaban J connectivity index is 1.56. The lowest BCUT2D eigenvalue weighted by atomic mass is 10.1. The number of carbonyl (C=O) groups is 2. The van der Waals surface area contributed by atoms with Crippen LogP contribution in [0, 0.1) is 10.1 Å². The molecule has 1 heterocycles. The van der Waals surface area contributed by atoms with Gasteiger partial charge in [0.05, 0.1) is 29.4 Å². The van der Waals surface area contributed by atoms with Gasteiger partial charge in [-0.1, -0.05) is 11.6 Å². The summed E-state index contributed by atoms with van der Waals surface area (Å²) in [7, 11) is 0. The molecule has 0 spiro atoms. The summed E-state index contributed by atoms with van der Waals surface area (Å²) in [6.45, 7) is 2.52. The maximum Gasteiger partial charge on any atom is 0.270 e. The van der Waals surface area contributed by atoms with Gasteiger partial charge in [0.2, 0.25) is 5.91 Å². The minimum atomic E-state index is -0.527. The van der Waals surface area contributed by atoms with Crippen LogP contribution >= 0.6 is 11.6 Å². The van der Waals surface area contributed by atoms with Crippen molar-refractivity contribution in [2.45, 2.75) is 12.8 Å². The lowest BCUT2D eigenvalue weighted by molar-refractivity contribution is -0.384. The van der Waals surface area contributed by atoms with Crippen molar-refractivity contribution in [3.8, 4) is 0 Å². The van der Waals surface area contributed by atoms with Crippen LogP contribution < -0.4 is 15.5 Å². The molecule has 0 aliphatic carbocycles. The van der Waals surface area contributed by atoms with E-state index in [-0.39, 0.29) is 30.1 Å². The molecule has 0 atom stereocenters. The highest BCUT2D eigenvalue weighted by atomic mass is 35.5. The Morgan fingerprint density at radius 1 is 1.13 bits per heavy atom. The average Bonchev–Trinajstić information content (AvgIpc) is 2.78. The van der Waals surface area contributed by atoms with Gasteiger partial charge in [-0.3, -0.25) is 19.7 Å². The Labute approximate surface area is 184 Å². The van der Waals surface area contributed by atoms with Crippen LogP contribution in [0.3, 0.4) is 0 Å². The van der Waals surface area contributed by atoms with Crippen LogP contribution in [0.2, 0.25) is 5.02 Å². The Morgan fingerprint density at radius 3 is 2.52 bits per heavy atom. The van der Waals surface area contributed by atoms with Crippen molar-refractivity contribution in [3.05, 3.63) is 63.2 Å². The van der Waals surface area contributed by atoms with Gasteiger partial charge in [-0.25, -0.2) is 0 Å². The van der Waals surface area contributed by atoms with E-state index < -0.39 is 10.8 Å². The number of benzene rings is 2. The number of non-ortho nitro benzene ring substituents is 1. The van der Waals surface area contributed by atoms with Crippen molar-refractivity contribution in [1.82, 2.24) is 5.32 Å². The van der Waals surface area contributed by atoms with E-state index in [0.717, 1.165) is 0 Å². The van der Waals surface area contributed by atoms with Gasteiger partial charge in [-0.15, -0.1) is 0 Å². The second-order valence-electron chi connectivity index (χ2n) is 6.97. The molecule has 0 radical (unpaired) electrons. The number of halogens is 1. The standard InChI is InChI=1S/C21H23ClN4O5/c22-15-3-5-16(6-4-15)24-20(27)2-1-9-23-21(28)18-14-17(26(29)30)7-8-19(18)25-10-12-31-13-11-25/h3-8,14H,1-2,9-13H2,(H,23,28)(H,24,27). The Morgan fingerprint density at radius 2 is 1.84 bits per heavy atom. The fraction of sp³-hybridized carbons (Fsp3) is 0.333. The van der Waals surface area contributed by atoms with E-state index in [1.165, 1.54) is 12.1 Å². The summed E-state index contributed by atoms with van der Waals surface area (Å²) in [5.74, 6) is -0.593. The molecule has 2 N–H and O–H groups in total. The average molecular weight is 447 g/mol. The molecule has 31 heavy (non-hydrogen) atoms. The van der Waals surface area contributed by atoms with Crippen LogP contribution in [0.15, 0.2) is 42.5 Å². The Bertz CT molecular complexity index is 945. The number of anilines is 2. The first-order valence-corrected chi connectivity index (χ1v) is 10.3. The molecule has 2 amide bonds. The third-order valence-corrected chi connectivity index (χ3v) is 5.03. The van der Waals surface area contributed by atoms with Crippen LogP contribution in [0.1, 0.15) is 23.2 Å². The SMILES string of the molecule is O=C(CCCNC(=O)c1cc([N+](=O)[O-])ccc1N1CCOCC1)Nc1ccc(Cl)cc1. The predicted molar refractivity (Wildman–Crippen MR) is 118 cm³/mol. The normalized spacial score (nSPS) is 13.5. The number of nitrogens with one attached hydrogen (secondary N) is 2. The van der Waals surface area contributed by atoms with Gasteiger partial charge in [-0.05, 0) is 36.8 Å². The number of hydrogen-bond acceptors (Lipinski definition) is 6. The second kappa shape index (κ2) is 10.7. The zero-order valence-electron chi connectivity index (χ0n) is 16.8. The van der Waals surface area contributed by atoms with Crippen molar-refractivity contribution >= 4 is 40.5 Å². The first-order chi connectivity index (χ1) is 14.9. The Hall–Kier alpha value is -3.17. The molecule has 0 aromatic heterocycles. The van der Waals surface area contributed by atoms with Crippen molar-refractivity contribution in [2.75, 3.05) is 43.1 Å². The first-order valence-electron chi connectivity index (χ1n) is 9.89. The van der Waals surface area contributed by atoms with Crippen LogP contribution in [0.5, 0.6) is 0 Å². The molecule has 1 fully saturated rings. The maximum atomic E-state index is 12.7. The molecule has 9 nitrogen and oxygen atoms in total. The summed E-state index contributed by atoms with van der Waals surface area (Å²) in [6, 6.07) is 11.0. The fourth-order valence-electron chi connectivity index (χ4n) is 3.20. The van der Waals surface area contributed by atoms with Crippen molar-refractivity contribution in [1.29, 1.82) is 0 Å². The predicted octanol–water partition coefficient (Wildman–Crippen LogP) is 3.23. The summed E-state index contributed by atoms with van der Waals surface area (Å²) in [5.41, 5.74) is 1.36. The van der Waals surface area contributed by atoms with Gasteiger partial charge < -0.3 is 20.3 Å². The summed E-state index contributed by atoms with van der Waals surface area (Å²) in [5, 5.41) is 17.2. The minimum absolute atomic E-state index is 0.149. The van der Waals surface area contributed by atoms with E-state index in [0.29, 0.717) is 49.1 Å². The number of carbonyl (C=O) groups excluding carboxylic acids is 2. The fourth-order valence-corrected chi connectivity index (χ4v) is 3.33. The summed E-state index contributed by atoms with van der Waals surface area (Å²) in [6.07, 6.45) is 0.640. The van der Waals surface area contributed by atoms with Gasteiger partial charge in [0.25, 0.3) is 11.6 Å². The molecule has 2 aromatic carbocycles. The molecule has 2 aromatic rings. The zero-order chi connectivity index (χ0) is 22.2. The molecule has 0 saturated carbocycles. The largest absolute Gasteiger partial charge is 0.378 e. The third kappa shape index (κ3) is 6.40. The number of morpholine rings is 1. The smallest absolute Gasteiger partial charge is 0.270 e. The molecule has 1 saturated heterocycles.